The minimum Gasteiger partial charge on any atom is -0.498 e. The lowest BCUT2D eigenvalue weighted by atomic mass is 10.2. The van der Waals surface area contributed by atoms with Gasteiger partial charge < -0.3 is 20.3 Å². The lowest BCUT2D eigenvalue weighted by Crippen LogP contribution is -1.99. The van der Waals surface area contributed by atoms with Gasteiger partial charge in [-0.15, -0.1) is 0 Å². The van der Waals surface area contributed by atoms with Crippen LogP contribution in [0.3, 0.4) is 0 Å². The number of hydrogen-bond acceptors (Lipinski definition) is 4. The molecular weight excluding hydrogens is 300 g/mol. The van der Waals surface area contributed by atoms with E-state index < -0.39 is 0 Å². The molecule has 0 radical (unpaired) electrons. The van der Waals surface area contributed by atoms with Crippen molar-refractivity contribution in [3.8, 4) is 0 Å². The van der Waals surface area contributed by atoms with Gasteiger partial charge in [0.25, 0.3) is 0 Å². The molecule has 0 aliphatic heterocycles. The lowest BCUT2D eigenvalue weighted by molar-refractivity contribution is 0.166. The second-order valence-electron chi connectivity index (χ2n) is 6.06. The third-order valence-corrected chi connectivity index (χ3v) is 4.29. The molecule has 0 saturated heterocycles. The molecule has 0 bridgehead atoms. The molecule has 0 aromatic carbocycles. The van der Waals surface area contributed by atoms with Crippen molar-refractivity contribution < 1.29 is 9.47 Å². The smallest absolute Gasteiger partial charge is 0.0991 e. The second-order valence-corrected chi connectivity index (χ2v) is 6.06. The molecule has 4 heteroatoms. The minimum atomic E-state index is 0.736. The van der Waals surface area contributed by atoms with Crippen LogP contribution >= 0.6 is 0 Å². The van der Waals surface area contributed by atoms with Crippen LogP contribution in [0.2, 0.25) is 0 Å². The topological polar surface area (TPSA) is 66.2 Å². The van der Waals surface area contributed by atoms with E-state index in [1.165, 1.54) is 23.6 Å². The van der Waals surface area contributed by atoms with E-state index in [0.717, 1.165) is 76.1 Å². The summed E-state index contributed by atoms with van der Waals surface area (Å²) < 4.78 is 11.8. The Hall–Kier alpha value is -2.10. The van der Waals surface area contributed by atoms with Crippen LogP contribution < -0.4 is 0 Å². The van der Waals surface area contributed by atoms with E-state index in [-0.39, 0.29) is 0 Å². The fourth-order valence-electron chi connectivity index (χ4n) is 3.08. The van der Waals surface area contributed by atoms with E-state index in [9.17, 15) is 0 Å². The Bertz CT molecular complexity index is 506. The van der Waals surface area contributed by atoms with Gasteiger partial charge in [-0.3, -0.25) is 0 Å². The van der Waals surface area contributed by atoms with Gasteiger partial charge >= 0.3 is 0 Å². The van der Waals surface area contributed by atoms with Gasteiger partial charge in [0, 0.05) is 25.3 Å². The first-order chi connectivity index (χ1) is 11.8. The molecule has 2 N–H and O–H groups in total. The summed E-state index contributed by atoms with van der Waals surface area (Å²) in [6.45, 7) is 1.47. The van der Waals surface area contributed by atoms with E-state index in [0.29, 0.717) is 0 Å². The Morgan fingerprint density at radius 3 is 1.58 bits per heavy atom. The summed E-state index contributed by atoms with van der Waals surface area (Å²) in [7, 11) is 0. The summed E-state index contributed by atoms with van der Waals surface area (Å²) in [6.07, 6.45) is 18.6. The van der Waals surface area contributed by atoms with Crippen molar-refractivity contribution in [2.75, 3.05) is 13.2 Å². The molecule has 2 rings (SSSR count). The van der Waals surface area contributed by atoms with Crippen LogP contribution in [0, 0.1) is 10.8 Å². The van der Waals surface area contributed by atoms with E-state index in [4.69, 9.17) is 20.3 Å². The lowest BCUT2D eigenvalue weighted by Gasteiger charge is -2.10. The van der Waals surface area contributed by atoms with E-state index in [1.54, 1.807) is 12.2 Å². The van der Waals surface area contributed by atoms with Gasteiger partial charge in [-0.2, -0.15) is 0 Å². The van der Waals surface area contributed by atoms with Gasteiger partial charge in [0.15, 0.2) is 0 Å². The van der Waals surface area contributed by atoms with Crippen LogP contribution in [0.1, 0.15) is 51.4 Å². The van der Waals surface area contributed by atoms with Crippen molar-refractivity contribution in [1.29, 1.82) is 10.8 Å². The second kappa shape index (κ2) is 10.6. The standard InChI is InChI=1S/C20H28N2O2/c21-13-5-9-17-7-3-11-19(17)23-15-1-2-16-24-20-12-4-8-18(20)10-6-14-22/h5-6,9-10,13-14,21-22H,1-4,7-8,11-12,15-16H2/b9-5-,10-6-,21-13?,22-14?. The molecule has 0 saturated carbocycles. The monoisotopic (exact) mass is 328 g/mol. The molecule has 130 valence electrons. The molecule has 0 amide bonds. The molecular formula is C20H28N2O2. The van der Waals surface area contributed by atoms with E-state index >= 15 is 0 Å². The normalized spacial score (nSPS) is 18.2. The maximum atomic E-state index is 7.06. The van der Waals surface area contributed by atoms with E-state index in [2.05, 4.69) is 0 Å². The highest BCUT2D eigenvalue weighted by Crippen LogP contribution is 2.29. The van der Waals surface area contributed by atoms with Gasteiger partial charge in [-0.05, 0) is 61.8 Å². The number of allylic oxidation sites excluding steroid dienone is 8. The highest BCUT2D eigenvalue weighted by Gasteiger charge is 2.14. The van der Waals surface area contributed by atoms with Gasteiger partial charge in [0.05, 0.1) is 24.7 Å². The maximum absolute atomic E-state index is 7.06. The van der Waals surface area contributed by atoms with Crippen molar-refractivity contribution in [3.05, 3.63) is 47.0 Å². The largest absolute Gasteiger partial charge is 0.498 e. The molecule has 2 aliphatic rings. The summed E-state index contributed by atoms with van der Waals surface area (Å²) in [5.74, 6) is 2.21. The Morgan fingerprint density at radius 2 is 1.17 bits per heavy atom. The van der Waals surface area contributed by atoms with Crippen molar-refractivity contribution in [1.82, 2.24) is 0 Å². The first-order valence-corrected chi connectivity index (χ1v) is 8.89. The fraction of sp³-hybridized carbons (Fsp3) is 0.500. The first kappa shape index (κ1) is 18.2. The molecule has 0 aromatic rings. The fourth-order valence-corrected chi connectivity index (χ4v) is 3.08. The molecule has 0 spiro atoms. The van der Waals surface area contributed by atoms with Crippen LogP contribution in [0.4, 0.5) is 0 Å². The van der Waals surface area contributed by atoms with Gasteiger partial charge in [0.1, 0.15) is 0 Å². The highest BCUT2D eigenvalue weighted by molar-refractivity contribution is 5.69. The molecule has 0 heterocycles. The van der Waals surface area contributed by atoms with Gasteiger partial charge in [-0.1, -0.05) is 12.2 Å². The SMILES string of the molecule is N=C/C=C\C1=C(OCCCCOC2=C(/C=C\C=N)CCC2)CCC1. The van der Waals surface area contributed by atoms with Crippen LogP contribution in [0.15, 0.2) is 47.0 Å². The summed E-state index contributed by atoms with van der Waals surface area (Å²) in [6, 6.07) is 0. The molecule has 0 aromatic heterocycles. The Labute approximate surface area is 145 Å². The molecule has 0 atom stereocenters. The average Bonchev–Trinajstić information content (AvgIpc) is 3.23. The quantitative estimate of drug-likeness (QED) is 0.410. The van der Waals surface area contributed by atoms with Crippen LogP contribution in [-0.2, 0) is 9.47 Å². The minimum absolute atomic E-state index is 0.736. The number of ether oxygens (including phenoxy) is 2. The Morgan fingerprint density at radius 1 is 0.708 bits per heavy atom. The number of nitrogens with one attached hydrogen (secondary N) is 2. The molecule has 24 heavy (non-hydrogen) atoms. The zero-order chi connectivity index (χ0) is 17.0. The van der Waals surface area contributed by atoms with Gasteiger partial charge in [-0.25, -0.2) is 0 Å². The van der Waals surface area contributed by atoms with Crippen molar-refractivity contribution >= 4 is 12.4 Å². The molecule has 0 unspecified atom stereocenters. The van der Waals surface area contributed by atoms with Crippen molar-refractivity contribution in [2.24, 2.45) is 0 Å². The van der Waals surface area contributed by atoms with Crippen LogP contribution in [0.5, 0.6) is 0 Å². The van der Waals surface area contributed by atoms with Crippen LogP contribution in [-0.4, -0.2) is 25.6 Å². The zero-order valence-electron chi connectivity index (χ0n) is 14.4. The number of unbranched alkanes of at least 4 members (excludes halogenated alkanes) is 1. The summed E-state index contributed by atoms with van der Waals surface area (Å²) in [4.78, 5) is 0. The maximum Gasteiger partial charge on any atom is 0.0991 e. The third-order valence-electron chi connectivity index (χ3n) is 4.29. The first-order valence-electron chi connectivity index (χ1n) is 8.89. The Balaban J connectivity index is 1.65. The third kappa shape index (κ3) is 5.84. The number of hydrogen-bond donors (Lipinski definition) is 2. The summed E-state index contributed by atoms with van der Waals surface area (Å²) in [5, 5.41) is 14.1. The average molecular weight is 328 g/mol. The summed E-state index contributed by atoms with van der Waals surface area (Å²) >= 11 is 0. The van der Waals surface area contributed by atoms with Gasteiger partial charge in [0.2, 0.25) is 0 Å². The number of rotatable bonds is 11. The predicted molar refractivity (Wildman–Crippen MR) is 98.7 cm³/mol. The highest BCUT2D eigenvalue weighted by atomic mass is 16.5. The molecule has 4 nitrogen and oxygen atoms in total. The van der Waals surface area contributed by atoms with E-state index in [1.807, 2.05) is 12.2 Å². The van der Waals surface area contributed by atoms with Crippen molar-refractivity contribution in [2.45, 2.75) is 51.4 Å². The Kier molecular flexibility index (Phi) is 8.08. The summed E-state index contributed by atoms with van der Waals surface area (Å²) in [5.41, 5.74) is 2.49. The molecule has 0 fully saturated rings. The molecule has 2 aliphatic carbocycles. The zero-order valence-corrected chi connectivity index (χ0v) is 14.4. The van der Waals surface area contributed by atoms with Crippen molar-refractivity contribution in [3.63, 3.8) is 0 Å². The van der Waals surface area contributed by atoms with Crippen LogP contribution in [0.25, 0.3) is 0 Å². The predicted octanol–water partition coefficient (Wildman–Crippen LogP) is 5.09.